The number of nitrogens with one attached hydrogen (secondary N) is 1. The molecule has 0 amide bonds. The molecule has 0 spiro atoms. The number of hydrogen-bond donors (Lipinski definition) is 1. The molecule has 1 aliphatic rings. The molecule has 2 heteroatoms. The topological polar surface area (TPSA) is 15.3 Å². The van der Waals surface area contributed by atoms with Crippen LogP contribution in [0.2, 0.25) is 0 Å². The summed E-state index contributed by atoms with van der Waals surface area (Å²) < 4.78 is 0. The maximum Gasteiger partial charge on any atom is 0.00967 e. The Morgan fingerprint density at radius 2 is 1.65 bits per heavy atom. The van der Waals surface area contributed by atoms with Crippen LogP contribution in [-0.4, -0.2) is 36.6 Å². The van der Waals surface area contributed by atoms with Crippen LogP contribution in [0.3, 0.4) is 0 Å². The molecular weight excluding hydrogens is 244 g/mol. The summed E-state index contributed by atoms with van der Waals surface area (Å²) in [5.41, 5.74) is 0.634. The first kappa shape index (κ1) is 18.0. The SMILES string of the molecule is CCCC1CCN(CC(C)(CC)CNC(C)(C)C)CC1. The molecular formula is C18H38N2. The predicted molar refractivity (Wildman–Crippen MR) is 90.2 cm³/mol. The van der Waals surface area contributed by atoms with Crippen LogP contribution in [0.1, 0.15) is 73.6 Å². The molecule has 0 aliphatic carbocycles. The van der Waals surface area contributed by atoms with Gasteiger partial charge in [-0.3, -0.25) is 0 Å². The van der Waals surface area contributed by atoms with Gasteiger partial charge < -0.3 is 10.2 Å². The van der Waals surface area contributed by atoms with E-state index in [1.54, 1.807) is 0 Å². The van der Waals surface area contributed by atoms with Crippen LogP contribution >= 0.6 is 0 Å². The van der Waals surface area contributed by atoms with Crippen LogP contribution in [0.5, 0.6) is 0 Å². The van der Waals surface area contributed by atoms with Crippen LogP contribution in [0.25, 0.3) is 0 Å². The molecule has 120 valence electrons. The first-order chi connectivity index (χ1) is 9.28. The fourth-order valence-corrected chi connectivity index (χ4v) is 3.15. The Morgan fingerprint density at radius 3 is 2.10 bits per heavy atom. The molecule has 1 rings (SSSR count). The summed E-state index contributed by atoms with van der Waals surface area (Å²) in [6.07, 6.45) is 6.88. The molecule has 1 saturated heterocycles. The minimum absolute atomic E-state index is 0.227. The van der Waals surface area contributed by atoms with E-state index in [0.717, 1.165) is 12.5 Å². The van der Waals surface area contributed by atoms with Gasteiger partial charge in [0.1, 0.15) is 0 Å². The minimum Gasteiger partial charge on any atom is -0.311 e. The Balaban J connectivity index is 2.40. The zero-order chi connectivity index (χ0) is 15.2. The standard InChI is InChI=1S/C18H38N2/c1-7-9-16-10-12-20(13-11-16)15-18(6,8-2)14-19-17(3,4)5/h16,19H,7-15H2,1-6H3. The second kappa shape index (κ2) is 7.79. The van der Waals surface area contributed by atoms with Gasteiger partial charge in [0.05, 0.1) is 0 Å². The van der Waals surface area contributed by atoms with Gasteiger partial charge in [0.25, 0.3) is 0 Å². The molecule has 0 aromatic heterocycles. The van der Waals surface area contributed by atoms with Crippen LogP contribution in [-0.2, 0) is 0 Å². The summed E-state index contributed by atoms with van der Waals surface area (Å²) in [4.78, 5) is 2.71. The van der Waals surface area contributed by atoms with Gasteiger partial charge in [0.2, 0.25) is 0 Å². The summed E-state index contributed by atoms with van der Waals surface area (Å²) in [7, 11) is 0. The van der Waals surface area contributed by atoms with Gasteiger partial charge in [0, 0.05) is 18.6 Å². The molecule has 1 unspecified atom stereocenters. The Labute approximate surface area is 127 Å². The highest BCUT2D eigenvalue weighted by atomic mass is 15.1. The van der Waals surface area contributed by atoms with Crippen molar-refractivity contribution in [1.29, 1.82) is 0 Å². The van der Waals surface area contributed by atoms with E-state index in [9.17, 15) is 0 Å². The van der Waals surface area contributed by atoms with Crippen molar-refractivity contribution in [3.63, 3.8) is 0 Å². The van der Waals surface area contributed by atoms with E-state index in [0.29, 0.717) is 5.41 Å². The van der Waals surface area contributed by atoms with Crippen molar-refractivity contribution in [3.05, 3.63) is 0 Å². The predicted octanol–water partition coefficient (Wildman–Crippen LogP) is 4.30. The second-order valence-electron chi connectivity index (χ2n) is 8.28. The van der Waals surface area contributed by atoms with Crippen molar-refractivity contribution in [1.82, 2.24) is 10.2 Å². The highest BCUT2D eigenvalue weighted by molar-refractivity contribution is 4.85. The Bertz CT molecular complexity index is 261. The quantitative estimate of drug-likeness (QED) is 0.749. The lowest BCUT2D eigenvalue weighted by atomic mass is 9.84. The van der Waals surface area contributed by atoms with Gasteiger partial charge in [0.15, 0.2) is 0 Å². The van der Waals surface area contributed by atoms with Crippen LogP contribution in [0, 0.1) is 11.3 Å². The number of rotatable bonds is 7. The maximum absolute atomic E-state index is 3.71. The molecule has 0 radical (unpaired) electrons. The van der Waals surface area contributed by atoms with Crippen LogP contribution < -0.4 is 5.32 Å². The summed E-state index contributed by atoms with van der Waals surface area (Å²) in [6, 6.07) is 0. The summed E-state index contributed by atoms with van der Waals surface area (Å²) in [6.45, 7) is 18.9. The highest BCUT2D eigenvalue weighted by Gasteiger charge is 2.28. The van der Waals surface area contributed by atoms with E-state index in [1.807, 2.05) is 0 Å². The first-order valence-electron chi connectivity index (χ1n) is 8.75. The van der Waals surface area contributed by atoms with Crippen molar-refractivity contribution in [2.75, 3.05) is 26.2 Å². The molecule has 1 N–H and O–H groups in total. The number of likely N-dealkylation sites (tertiary alicyclic amines) is 1. The highest BCUT2D eigenvalue weighted by Crippen LogP contribution is 2.27. The van der Waals surface area contributed by atoms with Gasteiger partial charge in [-0.25, -0.2) is 0 Å². The van der Waals surface area contributed by atoms with E-state index in [1.165, 1.54) is 51.7 Å². The van der Waals surface area contributed by atoms with Crippen molar-refractivity contribution < 1.29 is 0 Å². The minimum atomic E-state index is 0.227. The normalized spacial score (nSPS) is 21.9. The van der Waals surface area contributed by atoms with Crippen LogP contribution in [0.15, 0.2) is 0 Å². The van der Waals surface area contributed by atoms with Crippen molar-refractivity contribution >= 4 is 0 Å². The molecule has 1 fully saturated rings. The van der Waals surface area contributed by atoms with Crippen molar-refractivity contribution in [2.45, 2.75) is 79.2 Å². The molecule has 1 aliphatic heterocycles. The van der Waals surface area contributed by atoms with Gasteiger partial charge in [-0.15, -0.1) is 0 Å². The Hall–Kier alpha value is -0.0800. The molecule has 1 heterocycles. The smallest absolute Gasteiger partial charge is 0.00967 e. The fraction of sp³-hybridized carbons (Fsp3) is 1.00. The van der Waals surface area contributed by atoms with E-state index < -0.39 is 0 Å². The summed E-state index contributed by atoms with van der Waals surface area (Å²) in [5, 5.41) is 3.71. The average Bonchev–Trinajstić information content (AvgIpc) is 2.38. The third-order valence-electron chi connectivity index (χ3n) is 4.91. The van der Waals surface area contributed by atoms with Crippen LogP contribution in [0.4, 0.5) is 0 Å². The largest absolute Gasteiger partial charge is 0.311 e. The van der Waals surface area contributed by atoms with Crippen molar-refractivity contribution in [2.24, 2.45) is 11.3 Å². The number of piperidine rings is 1. The van der Waals surface area contributed by atoms with Gasteiger partial charge in [-0.05, 0) is 64.5 Å². The van der Waals surface area contributed by atoms with E-state index in [-0.39, 0.29) is 5.54 Å². The van der Waals surface area contributed by atoms with E-state index in [4.69, 9.17) is 0 Å². The molecule has 1 atom stereocenters. The molecule has 20 heavy (non-hydrogen) atoms. The summed E-state index contributed by atoms with van der Waals surface area (Å²) >= 11 is 0. The van der Waals surface area contributed by atoms with E-state index >= 15 is 0 Å². The lowest BCUT2D eigenvalue weighted by molar-refractivity contribution is 0.107. The molecule has 0 aromatic carbocycles. The Kier molecular flexibility index (Phi) is 7.00. The Morgan fingerprint density at radius 1 is 1.05 bits per heavy atom. The van der Waals surface area contributed by atoms with E-state index in [2.05, 4.69) is 51.8 Å². The molecule has 0 saturated carbocycles. The second-order valence-corrected chi connectivity index (χ2v) is 8.28. The average molecular weight is 283 g/mol. The number of hydrogen-bond acceptors (Lipinski definition) is 2. The van der Waals surface area contributed by atoms with Gasteiger partial charge >= 0.3 is 0 Å². The van der Waals surface area contributed by atoms with Gasteiger partial charge in [-0.1, -0.05) is 33.6 Å². The fourth-order valence-electron chi connectivity index (χ4n) is 3.15. The zero-order valence-corrected chi connectivity index (χ0v) is 14.9. The third kappa shape index (κ3) is 6.58. The van der Waals surface area contributed by atoms with Crippen molar-refractivity contribution in [3.8, 4) is 0 Å². The summed E-state index contributed by atoms with van der Waals surface area (Å²) in [5.74, 6) is 0.997. The molecule has 2 nitrogen and oxygen atoms in total. The van der Waals surface area contributed by atoms with Gasteiger partial charge in [-0.2, -0.15) is 0 Å². The monoisotopic (exact) mass is 282 g/mol. The molecule has 0 bridgehead atoms. The first-order valence-corrected chi connectivity index (χ1v) is 8.75. The zero-order valence-electron chi connectivity index (χ0n) is 14.9. The number of nitrogens with zero attached hydrogens (tertiary/aromatic N) is 1. The lowest BCUT2D eigenvalue weighted by Gasteiger charge is -2.40. The lowest BCUT2D eigenvalue weighted by Crippen LogP contribution is -2.48. The third-order valence-corrected chi connectivity index (χ3v) is 4.91. The maximum atomic E-state index is 3.71. The molecule has 0 aromatic rings.